The molecule has 0 rings (SSSR count). The largest absolute Gasteiger partial charge is 0.295 e. The van der Waals surface area contributed by atoms with Crippen LogP contribution in [0.25, 0.3) is 0 Å². The molecule has 15 heavy (non-hydrogen) atoms. The van der Waals surface area contributed by atoms with Crippen molar-refractivity contribution in [3.8, 4) is 0 Å². The van der Waals surface area contributed by atoms with Crippen molar-refractivity contribution >= 4 is 5.78 Å². The summed E-state index contributed by atoms with van der Waals surface area (Å²) < 4.78 is 0. The van der Waals surface area contributed by atoms with Gasteiger partial charge in [-0.15, -0.1) is 0 Å². The van der Waals surface area contributed by atoms with Crippen molar-refractivity contribution in [2.45, 2.75) is 53.4 Å². The van der Waals surface area contributed by atoms with Crippen molar-refractivity contribution in [3.63, 3.8) is 0 Å². The van der Waals surface area contributed by atoms with E-state index in [2.05, 4.69) is 26.8 Å². The zero-order valence-corrected chi connectivity index (χ0v) is 10.5. The molecule has 1 nitrogen and oxygen atoms in total. The van der Waals surface area contributed by atoms with Crippen LogP contribution in [0.2, 0.25) is 0 Å². The molecular weight excluding hydrogens is 184 g/mol. The SMILES string of the molecule is CC(=O)C=CCCC(C)CCC=C(C)C. The topological polar surface area (TPSA) is 17.1 Å². The second-order valence-corrected chi connectivity index (χ2v) is 4.55. The lowest BCUT2D eigenvalue weighted by molar-refractivity contribution is -0.112. The molecule has 0 saturated heterocycles. The van der Waals surface area contributed by atoms with E-state index in [-0.39, 0.29) is 5.78 Å². The summed E-state index contributed by atoms with van der Waals surface area (Å²) >= 11 is 0. The van der Waals surface area contributed by atoms with Gasteiger partial charge in [0.1, 0.15) is 0 Å². The highest BCUT2D eigenvalue weighted by atomic mass is 16.1. The fraction of sp³-hybridized carbons (Fsp3) is 0.643. The van der Waals surface area contributed by atoms with Gasteiger partial charge in [-0.1, -0.05) is 24.6 Å². The van der Waals surface area contributed by atoms with Crippen LogP contribution < -0.4 is 0 Å². The van der Waals surface area contributed by atoms with Crippen LogP contribution in [-0.4, -0.2) is 5.78 Å². The van der Waals surface area contributed by atoms with Gasteiger partial charge in [0, 0.05) is 0 Å². The molecule has 0 radical (unpaired) electrons. The van der Waals surface area contributed by atoms with Gasteiger partial charge in [0.25, 0.3) is 0 Å². The molecule has 1 heteroatoms. The summed E-state index contributed by atoms with van der Waals surface area (Å²) in [5.41, 5.74) is 1.40. The minimum Gasteiger partial charge on any atom is -0.295 e. The molecule has 0 bridgehead atoms. The fourth-order valence-electron chi connectivity index (χ4n) is 1.43. The third kappa shape index (κ3) is 11.1. The Labute approximate surface area is 94.3 Å². The Bertz CT molecular complexity index is 232. The van der Waals surface area contributed by atoms with E-state index in [1.807, 2.05) is 6.08 Å². The second-order valence-electron chi connectivity index (χ2n) is 4.55. The van der Waals surface area contributed by atoms with E-state index < -0.39 is 0 Å². The third-order valence-electron chi connectivity index (χ3n) is 2.39. The molecule has 0 fully saturated rings. The number of hydrogen-bond acceptors (Lipinski definition) is 1. The molecule has 0 aromatic rings. The minimum atomic E-state index is 0.146. The Morgan fingerprint density at radius 1 is 1.13 bits per heavy atom. The summed E-state index contributed by atoms with van der Waals surface area (Å²) in [6, 6.07) is 0. The Morgan fingerprint density at radius 2 is 1.73 bits per heavy atom. The number of ketones is 1. The zero-order valence-electron chi connectivity index (χ0n) is 10.5. The molecule has 0 amide bonds. The monoisotopic (exact) mass is 208 g/mol. The summed E-state index contributed by atoms with van der Waals surface area (Å²) in [5.74, 6) is 0.893. The number of hydrogen-bond donors (Lipinski definition) is 0. The molecule has 0 heterocycles. The predicted molar refractivity (Wildman–Crippen MR) is 66.9 cm³/mol. The van der Waals surface area contributed by atoms with Crippen LogP contribution in [0.15, 0.2) is 23.8 Å². The molecule has 0 aromatic heterocycles. The van der Waals surface area contributed by atoms with Gasteiger partial charge >= 0.3 is 0 Å². The molecule has 0 aromatic carbocycles. The molecule has 0 aliphatic heterocycles. The summed E-state index contributed by atoms with van der Waals surface area (Å²) in [4.78, 5) is 10.6. The minimum absolute atomic E-state index is 0.146. The van der Waals surface area contributed by atoms with Crippen LogP contribution in [0, 0.1) is 5.92 Å². The fourth-order valence-corrected chi connectivity index (χ4v) is 1.43. The van der Waals surface area contributed by atoms with E-state index in [0.717, 1.165) is 12.3 Å². The van der Waals surface area contributed by atoms with Crippen LogP contribution >= 0.6 is 0 Å². The van der Waals surface area contributed by atoms with Crippen molar-refractivity contribution < 1.29 is 4.79 Å². The lowest BCUT2D eigenvalue weighted by Crippen LogP contribution is -1.93. The lowest BCUT2D eigenvalue weighted by atomic mass is 9.99. The van der Waals surface area contributed by atoms with Gasteiger partial charge in [0.2, 0.25) is 0 Å². The van der Waals surface area contributed by atoms with Gasteiger partial charge in [-0.3, -0.25) is 4.79 Å². The Balaban J connectivity index is 3.53. The molecule has 0 aliphatic rings. The van der Waals surface area contributed by atoms with Gasteiger partial charge in [-0.2, -0.15) is 0 Å². The van der Waals surface area contributed by atoms with Crippen LogP contribution in [0.1, 0.15) is 53.4 Å². The first-order valence-electron chi connectivity index (χ1n) is 5.83. The molecule has 1 unspecified atom stereocenters. The van der Waals surface area contributed by atoms with E-state index in [0.29, 0.717) is 0 Å². The second kappa shape index (κ2) is 8.46. The maximum Gasteiger partial charge on any atom is 0.152 e. The molecule has 0 saturated carbocycles. The first-order chi connectivity index (χ1) is 7.02. The highest BCUT2D eigenvalue weighted by molar-refractivity contribution is 5.87. The van der Waals surface area contributed by atoms with E-state index in [4.69, 9.17) is 0 Å². The Kier molecular flexibility index (Phi) is 7.98. The van der Waals surface area contributed by atoms with Gasteiger partial charge in [0.05, 0.1) is 0 Å². The first-order valence-corrected chi connectivity index (χ1v) is 5.83. The summed E-state index contributed by atoms with van der Waals surface area (Å²) in [7, 11) is 0. The molecule has 0 aliphatic carbocycles. The smallest absolute Gasteiger partial charge is 0.152 e. The number of allylic oxidation sites excluding steroid dienone is 4. The highest BCUT2D eigenvalue weighted by Crippen LogP contribution is 2.14. The van der Waals surface area contributed by atoms with E-state index in [1.165, 1.54) is 24.8 Å². The van der Waals surface area contributed by atoms with Crippen molar-refractivity contribution in [1.82, 2.24) is 0 Å². The predicted octanol–water partition coefficient (Wildman–Crippen LogP) is 4.29. The third-order valence-corrected chi connectivity index (χ3v) is 2.39. The molecule has 86 valence electrons. The van der Waals surface area contributed by atoms with Crippen molar-refractivity contribution in [2.75, 3.05) is 0 Å². The van der Waals surface area contributed by atoms with Gasteiger partial charge in [-0.25, -0.2) is 0 Å². The first kappa shape index (κ1) is 14.2. The standard InChI is InChI=1S/C14H24O/c1-12(2)8-7-10-13(3)9-5-6-11-14(4)15/h6,8,11,13H,5,7,9-10H2,1-4H3. The summed E-state index contributed by atoms with van der Waals surface area (Å²) in [6.07, 6.45) is 10.6. The Morgan fingerprint density at radius 3 is 2.27 bits per heavy atom. The quantitative estimate of drug-likeness (QED) is 0.450. The lowest BCUT2D eigenvalue weighted by Gasteiger charge is -2.07. The van der Waals surface area contributed by atoms with Gasteiger partial charge < -0.3 is 0 Å². The average Bonchev–Trinajstić information content (AvgIpc) is 2.11. The number of carbonyl (C=O) groups is 1. The van der Waals surface area contributed by atoms with Gasteiger partial charge in [0.15, 0.2) is 5.78 Å². The van der Waals surface area contributed by atoms with E-state index >= 15 is 0 Å². The van der Waals surface area contributed by atoms with Crippen molar-refractivity contribution in [2.24, 2.45) is 5.92 Å². The molecule has 1 atom stereocenters. The molecule has 0 N–H and O–H groups in total. The highest BCUT2D eigenvalue weighted by Gasteiger charge is 1.99. The maximum absolute atomic E-state index is 10.6. The normalized spacial score (nSPS) is 12.8. The van der Waals surface area contributed by atoms with Crippen molar-refractivity contribution in [3.05, 3.63) is 23.8 Å². The van der Waals surface area contributed by atoms with Crippen LogP contribution in [0.4, 0.5) is 0 Å². The maximum atomic E-state index is 10.6. The van der Waals surface area contributed by atoms with E-state index in [9.17, 15) is 4.79 Å². The van der Waals surface area contributed by atoms with Crippen LogP contribution in [-0.2, 0) is 4.79 Å². The summed E-state index contributed by atoms with van der Waals surface area (Å²) in [6.45, 7) is 8.15. The van der Waals surface area contributed by atoms with E-state index in [1.54, 1.807) is 13.0 Å². The number of carbonyl (C=O) groups excluding carboxylic acids is 1. The van der Waals surface area contributed by atoms with Crippen LogP contribution in [0.3, 0.4) is 0 Å². The number of rotatable bonds is 7. The zero-order chi connectivity index (χ0) is 11.7. The van der Waals surface area contributed by atoms with Crippen LogP contribution in [0.5, 0.6) is 0 Å². The van der Waals surface area contributed by atoms with Crippen molar-refractivity contribution in [1.29, 1.82) is 0 Å². The summed E-state index contributed by atoms with van der Waals surface area (Å²) in [5, 5.41) is 0. The van der Waals surface area contributed by atoms with Gasteiger partial charge in [-0.05, 0) is 58.4 Å². The molecule has 0 spiro atoms. The Hall–Kier alpha value is -0.850. The average molecular weight is 208 g/mol. The molecular formula is C14H24O.